The third-order valence-corrected chi connectivity index (χ3v) is 6.26. The quantitative estimate of drug-likeness (QED) is 0.335. The van der Waals surface area contributed by atoms with Crippen LogP contribution in [-0.4, -0.2) is 40.7 Å². The number of halogens is 3. The van der Waals surface area contributed by atoms with Crippen molar-refractivity contribution in [2.24, 2.45) is 5.92 Å². The fraction of sp³-hybridized carbons (Fsp3) is 0.857. The van der Waals surface area contributed by atoms with Gasteiger partial charge in [-0.05, 0) is 71.6 Å². The van der Waals surface area contributed by atoms with Crippen molar-refractivity contribution in [1.29, 1.82) is 0 Å². The third-order valence-electron chi connectivity index (χ3n) is 6.26. The van der Waals surface area contributed by atoms with Crippen LogP contribution >= 0.6 is 0 Å². The molecule has 0 aromatic rings. The zero-order valence-corrected chi connectivity index (χ0v) is 17.7. The molecule has 0 bridgehead atoms. The normalized spacial score (nSPS) is 24.8. The summed E-state index contributed by atoms with van der Waals surface area (Å²) in [7, 11) is 0. The van der Waals surface area contributed by atoms with Crippen molar-refractivity contribution in [3.05, 3.63) is 12.2 Å². The molecule has 1 aliphatic rings. The summed E-state index contributed by atoms with van der Waals surface area (Å²) in [5, 5.41) is 10.0. The average molecular weight is 409 g/mol. The molecular weight excluding hydrogens is 373 g/mol. The van der Waals surface area contributed by atoms with Gasteiger partial charge in [0.2, 0.25) is 0 Å². The molecule has 1 fully saturated rings. The van der Waals surface area contributed by atoms with Crippen LogP contribution in [0.15, 0.2) is 12.2 Å². The van der Waals surface area contributed by atoms with E-state index in [2.05, 4.69) is 6.58 Å². The number of hydrogen-bond donors (Lipinski definition) is 1. The molecule has 0 heterocycles. The Morgan fingerprint density at radius 1 is 1.18 bits per heavy atom. The van der Waals surface area contributed by atoms with Gasteiger partial charge in [0, 0.05) is 5.57 Å². The molecule has 0 aliphatic heterocycles. The lowest BCUT2D eigenvalue weighted by Crippen LogP contribution is -2.56. The predicted octanol–water partition coefficient (Wildman–Crippen LogP) is 5.33. The van der Waals surface area contributed by atoms with Crippen molar-refractivity contribution in [3.8, 4) is 0 Å². The predicted molar refractivity (Wildman–Crippen MR) is 102 cm³/mol. The maximum Gasteiger partial charge on any atom is 0.419 e. The number of carbonyl (C=O) groups excluding carboxylic acids is 1. The largest absolute Gasteiger partial charge is 0.459 e. The zero-order valence-electron chi connectivity index (χ0n) is 17.7. The van der Waals surface area contributed by atoms with E-state index in [1.165, 1.54) is 6.92 Å². The van der Waals surface area contributed by atoms with Gasteiger partial charge >= 0.3 is 12.1 Å². The minimum atomic E-state index is -4.77. The van der Waals surface area contributed by atoms with Crippen molar-refractivity contribution < 1.29 is 32.5 Å². The Morgan fingerprint density at radius 2 is 1.75 bits per heavy atom. The van der Waals surface area contributed by atoms with Crippen molar-refractivity contribution >= 4 is 5.97 Å². The van der Waals surface area contributed by atoms with E-state index in [0.717, 1.165) is 26.2 Å². The molecule has 0 saturated heterocycles. The molecule has 7 heteroatoms. The molecule has 4 unspecified atom stereocenters. The summed E-state index contributed by atoms with van der Waals surface area (Å²) in [6.07, 6.45) is -1.66. The van der Waals surface area contributed by atoms with Gasteiger partial charge in [0.05, 0.1) is 11.7 Å². The van der Waals surface area contributed by atoms with Gasteiger partial charge in [0.25, 0.3) is 0 Å². The topological polar surface area (TPSA) is 55.8 Å². The second-order valence-electron chi connectivity index (χ2n) is 8.19. The highest BCUT2D eigenvalue weighted by Gasteiger charge is 2.56. The van der Waals surface area contributed by atoms with E-state index in [0.29, 0.717) is 31.3 Å². The van der Waals surface area contributed by atoms with Gasteiger partial charge in [-0.3, -0.25) is 0 Å². The van der Waals surface area contributed by atoms with E-state index in [1.54, 1.807) is 6.92 Å². The minimum absolute atomic E-state index is 0.0301. The summed E-state index contributed by atoms with van der Waals surface area (Å²) >= 11 is 0. The summed E-state index contributed by atoms with van der Waals surface area (Å²) in [5.74, 6) is -0.380. The van der Waals surface area contributed by atoms with Crippen LogP contribution in [0.3, 0.4) is 0 Å². The molecule has 28 heavy (non-hydrogen) atoms. The lowest BCUT2D eigenvalue weighted by atomic mass is 9.77. The smallest absolute Gasteiger partial charge is 0.419 e. The monoisotopic (exact) mass is 408 g/mol. The highest BCUT2D eigenvalue weighted by molar-refractivity contribution is 5.87. The summed E-state index contributed by atoms with van der Waals surface area (Å²) in [6, 6.07) is 0. The van der Waals surface area contributed by atoms with Gasteiger partial charge < -0.3 is 14.6 Å². The highest BCUT2D eigenvalue weighted by Crippen LogP contribution is 2.43. The first kappa shape index (κ1) is 25.0. The van der Waals surface area contributed by atoms with E-state index in [4.69, 9.17) is 9.47 Å². The Hall–Kier alpha value is -1.08. The summed E-state index contributed by atoms with van der Waals surface area (Å²) < 4.78 is 51.1. The van der Waals surface area contributed by atoms with Crippen molar-refractivity contribution in [2.75, 3.05) is 0 Å². The fourth-order valence-electron chi connectivity index (χ4n) is 3.95. The Labute approximate surface area is 166 Å². The van der Waals surface area contributed by atoms with Gasteiger partial charge in [-0.1, -0.05) is 20.4 Å². The minimum Gasteiger partial charge on any atom is -0.459 e. The van der Waals surface area contributed by atoms with Gasteiger partial charge in [-0.2, -0.15) is 13.2 Å². The highest BCUT2D eigenvalue weighted by atomic mass is 19.4. The van der Waals surface area contributed by atoms with Gasteiger partial charge in [-0.25, -0.2) is 4.79 Å². The Morgan fingerprint density at radius 3 is 2.21 bits per heavy atom. The number of esters is 1. The fourth-order valence-corrected chi connectivity index (χ4v) is 3.95. The first-order chi connectivity index (χ1) is 12.8. The molecule has 0 aromatic carbocycles. The van der Waals surface area contributed by atoms with Crippen LogP contribution in [0.1, 0.15) is 79.6 Å². The van der Waals surface area contributed by atoms with Crippen LogP contribution in [0, 0.1) is 5.92 Å². The number of hydrogen-bond acceptors (Lipinski definition) is 4. The van der Waals surface area contributed by atoms with Crippen LogP contribution in [0.25, 0.3) is 0 Å². The number of ether oxygens (including phenoxy) is 2. The number of alkyl halides is 3. The third kappa shape index (κ3) is 5.72. The molecule has 0 aromatic heterocycles. The molecule has 1 saturated carbocycles. The standard InChI is InChI=1S/C21H35F3O4/c1-7-20(8-2,28-15(5)19(6,26)21(22,23)24)16-10-9-11-17(13-12-16)27-18(25)14(3)4/h15-17,26H,3,7-13H2,1-2,4-6H3. The second kappa shape index (κ2) is 9.61. The van der Waals surface area contributed by atoms with E-state index >= 15 is 0 Å². The second-order valence-corrected chi connectivity index (χ2v) is 8.19. The number of carbonyl (C=O) groups is 1. The maximum absolute atomic E-state index is 13.2. The molecule has 0 spiro atoms. The van der Waals surface area contributed by atoms with Crippen LogP contribution in [0.5, 0.6) is 0 Å². The lowest BCUT2D eigenvalue weighted by molar-refractivity contribution is -0.304. The Kier molecular flexibility index (Phi) is 8.57. The Bertz CT molecular complexity index is 538. The van der Waals surface area contributed by atoms with Crippen LogP contribution in [-0.2, 0) is 14.3 Å². The maximum atomic E-state index is 13.2. The molecule has 1 rings (SSSR count). The first-order valence-corrected chi connectivity index (χ1v) is 10.1. The van der Waals surface area contributed by atoms with E-state index in [1.807, 2.05) is 13.8 Å². The van der Waals surface area contributed by atoms with Crippen molar-refractivity contribution in [3.63, 3.8) is 0 Å². The SMILES string of the molecule is C=C(C)C(=O)OC1CCCC(C(CC)(CC)OC(C)C(C)(O)C(F)(F)F)CC1. The van der Waals surface area contributed by atoms with E-state index in [9.17, 15) is 23.1 Å². The van der Waals surface area contributed by atoms with E-state index in [-0.39, 0.29) is 12.0 Å². The van der Waals surface area contributed by atoms with Crippen molar-refractivity contribution in [2.45, 2.75) is 109 Å². The molecule has 4 atom stereocenters. The summed E-state index contributed by atoms with van der Waals surface area (Å²) in [5.41, 5.74) is -3.33. The molecule has 4 nitrogen and oxygen atoms in total. The molecule has 1 aliphatic carbocycles. The van der Waals surface area contributed by atoms with Gasteiger partial charge in [-0.15, -0.1) is 0 Å². The number of aliphatic hydroxyl groups is 1. The van der Waals surface area contributed by atoms with E-state index < -0.39 is 29.5 Å². The molecule has 1 N–H and O–H groups in total. The zero-order chi connectivity index (χ0) is 21.8. The van der Waals surface area contributed by atoms with Crippen LogP contribution in [0.2, 0.25) is 0 Å². The van der Waals surface area contributed by atoms with Gasteiger partial charge in [0.1, 0.15) is 6.10 Å². The van der Waals surface area contributed by atoms with Crippen LogP contribution in [0.4, 0.5) is 13.2 Å². The van der Waals surface area contributed by atoms with Crippen LogP contribution < -0.4 is 0 Å². The first-order valence-electron chi connectivity index (χ1n) is 10.1. The number of rotatable bonds is 8. The average Bonchev–Trinajstić information content (AvgIpc) is 2.84. The van der Waals surface area contributed by atoms with Crippen molar-refractivity contribution in [1.82, 2.24) is 0 Å². The molecule has 0 radical (unpaired) electrons. The molecule has 0 amide bonds. The molecular formula is C21H35F3O4. The summed E-state index contributed by atoms with van der Waals surface area (Å²) in [4.78, 5) is 11.8. The lowest BCUT2D eigenvalue weighted by Gasteiger charge is -2.45. The molecule has 164 valence electrons. The Balaban J connectivity index is 2.92. The summed E-state index contributed by atoms with van der Waals surface area (Å²) in [6.45, 7) is 11.0. The van der Waals surface area contributed by atoms with Gasteiger partial charge in [0.15, 0.2) is 5.60 Å².